The van der Waals surface area contributed by atoms with Crippen molar-refractivity contribution in [3.8, 4) is 5.75 Å². The van der Waals surface area contributed by atoms with Gasteiger partial charge in [0.2, 0.25) is 0 Å². The first-order chi connectivity index (χ1) is 7.10. The van der Waals surface area contributed by atoms with Crippen molar-refractivity contribution >= 4 is 18.1 Å². The molecule has 0 aliphatic heterocycles. The lowest BCUT2D eigenvalue weighted by Gasteiger charge is -2.00. The summed E-state index contributed by atoms with van der Waals surface area (Å²) >= 11 is 5.89. The topological polar surface area (TPSA) is 57.5 Å². The third-order valence-electron chi connectivity index (χ3n) is 1.93. The molecule has 0 amide bonds. The van der Waals surface area contributed by atoms with E-state index < -0.39 is 0 Å². The Hall–Kier alpha value is -1.22. The van der Waals surface area contributed by atoms with Crippen molar-refractivity contribution in [2.75, 3.05) is 0 Å². The molecule has 0 spiro atoms. The summed E-state index contributed by atoms with van der Waals surface area (Å²) in [5.41, 5.74) is 1.01. The Morgan fingerprint density at radius 1 is 1.64 bits per heavy atom. The summed E-state index contributed by atoms with van der Waals surface area (Å²) in [6.07, 6.45) is 2.31. The molecule has 1 aliphatic rings. The van der Waals surface area contributed by atoms with E-state index in [1.54, 1.807) is 6.07 Å². The lowest BCUT2D eigenvalue weighted by atomic mass is 10.1. The van der Waals surface area contributed by atoms with Crippen LogP contribution in [0.25, 0.3) is 0 Å². The quantitative estimate of drug-likeness (QED) is 0.708. The van der Waals surface area contributed by atoms with Gasteiger partial charge in [-0.1, -0.05) is 17.7 Å². The van der Waals surface area contributed by atoms with Crippen LogP contribution >= 0.6 is 11.6 Å². The number of halogens is 1. The normalized spacial score (nSPS) is 15.1. The summed E-state index contributed by atoms with van der Waals surface area (Å²) in [6, 6.07) is 3.29. The molecule has 0 radical (unpaired) electrons. The van der Waals surface area contributed by atoms with Gasteiger partial charge in [-0.3, -0.25) is 4.79 Å². The molecule has 0 heterocycles. The fourth-order valence-electron chi connectivity index (χ4n) is 1.17. The molecule has 1 fully saturated rings. The zero-order valence-electron chi connectivity index (χ0n) is 8.40. The summed E-state index contributed by atoms with van der Waals surface area (Å²) in [4.78, 5) is 8.36. The molecule has 1 saturated carbocycles. The molecule has 1 aliphatic carbocycles. The van der Waals surface area contributed by atoms with Crippen LogP contribution in [-0.2, 0) is 4.79 Å². The number of carbonyl (C=O) groups is 1. The van der Waals surface area contributed by atoms with E-state index in [9.17, 15) is 0 Å². The van der Waals surface area contributed by atoms with Crippen molar-refractivity contribution in [1.82, 2.24) is 0 Å². The molecule has 1 aromatic rings. The van der Waals surface area contributed by atoms with Crippen molar-refractivity contribution < 1.29 is 16.4 Å². The fraction of sp³-hybridized carbons (Fsp3) is 0.300. The van der Waals surface area contributed by atoms with Crippen LogP contribution in [0.4, 0.5) is 0 Å². The Bertz CT molecular complexity index is 364. The molecule has 14 heavy (non-hydrogen) atoms. The lowest BCUT2D eigenvalue weighted by molar-refractivity contribution is -0.122. The monoisotopic (exact) mass is 215 g/mol. The van der Waals surface area contributed by atoms with Crippen molar-refractivity contribution in [1.29, 1.82) is 0 Å². The van der Waals surface area contributed by atoms with Crippen LogP contribution in [-0.4, -0.2) is 16.7 Å². The third-order valence-corrected chi connectivity index (χ3v) is 2.26. The van der Waals surface area contributed by atoms with E-state index in [2.05, 4.69) is 0 Å². The minimum Gasteiger partial charge on any atom is -0.508 e. The van der Waals surface area contributed by atoms with Gasteiger partial charge in [0.15, 0.2) is 0 Å². The molecular formula is C10H11ClO3. The molecule has 0 unspecified atom stereocenters. The van der Waals surface area contributed by atoms with E-state index in [0.717, 1.165) is 18.4 Å². The second kappa shape index (κ2) is 4.86. The summed E-state index contributed by atoms with van der Waals surface area (Å²) < 4.78 is 7.37. The number of aromatic hydroxyl groups is 1. The van der Waals surface area contributed by atoms with Gasteiger partial charge in [-0.25, -0.2) is 0 Å². The zero-order valence-corrected chi connectivity index (χ0v) is 8.16. The van der Waals surface area contributed by atoms with Gasteiger partial charge in [0.05, 0.1) is 1.37 Å². The molecule has 0 saturated heterocycles. The summed E-state index contributed by atoms with van der Waals surface area (Å²) in [5.74, 6) is 0.492. The molecule has 0 aromatic heterocycles. The van der Waals surface area contributed by atoms with E-state index in [0.29, 0.717) is 10.9 Å². The Labute approximate surface area is 88.3 Å². The summed E-state index contributed by atoms with van der Waals surface area (Å²) in [6.45, 7) is -0.250. The molecule has 2 N–H and O–H groups in total. The highest BCUT2D eigenvalue weighted by Gasteiger charge is 2.25. The molecule has 3 nitrogen and oxygen atoms in total. The number of rotatable bonds is 1. The maximum Gasteiger partial charge on any atom is 0.290 e. The number of phenolic OH excluding ortho intramolecular Hbond substituents is 1. The van der Waals surface area contributed by atoms with Crippen LogP contribution in [0.5, 0.6) is 5.75 Å². The fourth-order valence-corrected chi connectivity index (χ4v) is 1.49. The lowest BCUT2D eigenvalue weighted by Crippen LogP contribution is -1.79. The molecular weight excluding hydrogens is 204 g/mol. The first-order valence-corrected chi connectivity index (χ1v) is 4.54. The smallest absolute Gasteiger partial charge is 0.290 e. The van der Waals surface area contributed by atoms with Gasteiger partial charge in [0, 0.05) is 5.02 Å². The minimum atomic E-state index is -0.250. The van der Waals surface area contributed by atoms with Crippen molar-refractivity contribution in [2.45, 2.75) is 18.8 Å². The number of benzene rings is 1. The summed E-state index contributed by atoms with van der Waals surface area (Å²) in [7, 11) is 0. The average molecular weight is 216 g/mol. The first kappa shape index (κ1) is 9.34. The second-order valence-corrected chi connectivity index (χ2v) is 3.41. The van der Waals surface area contributed by atoms with E-state index in [1.807, 2.05) is 0 Å². The highest BCUT2D eigenvalue weighted by Crippen LogP contribution is 2.43. The standard InChI is InChI=1S/C9H9ClO.CH2O2/c10-9-5-7(11)3-4-8(9)6-1-2-6;2-1-3/h3-6,11H,1-2H2;1H,(H,2,3)/i3D;. The Balaban J connectivity index is 0.000000337. The Morgan fingerprint density at radius 3 is 2.71 bits per heavy atom. The van der Waals surface area contributed by atoms with Gasteiger partial charge in [-0.05, 0) is 36.4 Å². The minimum absolute atomic E-state index is 0.0376. The van der Waals surface area contributed by atoms with Gasteiger partial charge in [0.1, 0.15) is 5.75 Å². The number of carboxylic acid groups (broad SMARTS) is 1. The largest absolute Gasteiger partial charge is 0.508 e. The van der Waals surface area contributed by atoms with Gasteiger partial charge in [0.25, 0.3) is 6.47 Å². The first-order valence-electron chi connectivity index (χ1n) is 4.67. The van der Waals surface area contributed by atoms with Gasteiger partial charge in [-0.15, -0.1) is 0 Å². The van der Waals surface area contributed by atoms with Gasteiger partial charge < -0.3 is 10.2 Å². The molecule has 76 valence electrons. The van der Waals surface area contributed by atoms with Crippen molar-refractivity contribution in [2.24, 2.45) is 0 Å². The maximum absolute atomic E-state index is 9.15. The molecule has 0 atom stereocenters. The van der Waals surface area contributed by atoms with Crippen molar-refractivity contribution in [3.05, 3.63) is 28.8 Å². The average Bonchev–Trinajstić information content (AvgIpc) is 2.96. The van der Waals surface area contributed by atoms with Crippen LogP contribution in [0.2, 0.25) is 5.02 Å². The van der Waals surface area contributed by atoms with Gasteiger partial charge in [-0.2, -0.15) is 0 Å². The Morgan fingerprint density at radius 2 is 2.21 bits per heavy atom. The SMILES string of the molecule is O=CO.[2H]c1cc(C2CC2)c(Cl)cc1O. The predicted molar refractivity (Wildman–Crippen MR) is 53.8 cm³/mol. The molecule has 2 rings (SSSR count). The van der Waals surface area contributed by atoms with Crippen LogP contribution in [0.1, 0.15) is 25.7 Å². The zero-order chi connectivity index (χ0) is 11.4. The van der Waals surface area contributed by atoms with Crippen LogP contribution in [0.3, 0.4) is 0 Å². The number of hydrogen-bond acceptors (Lipinski definition) is 2. The van der Waals surface area contributed by atoms with E-state index in [1.165, 1.54) is 6.07 Å². The highest BCUT2D eigenvalue weighted by atomic mass is 35.5. The highest BCUT2D eigenvalue weighted by molar-refractivity contribution is 6.31. The van der Waals surface area contributed by atoms with Crippen LogP contribution in [0, 0.1) is 0 Å². The number of phenols is 1. The maximum atomic E-state index is 9.15. The van der Waals surface area contributed by atoms with E-state index >= 15 is 0 Å². The summed E-state index contributed by atoms with van der Waals surface area (Å²) in [5, 5.41) is 16.6. The molecule has 0 bridgehead atoms. The van der Waals surface area contributed by atoms with E-state index in [4.69, 9.17) is 28.0 Å². The third kappa shape index (κ3) is 2.92. The van der Waals surface area contributed by atoms with Crippen LogP contribution < -0.4 is 0 Å². The molecule has 4 heteroatoms. The predicted octanol–water partition coefficient (Wildman–Crippen LogP) is 2.62. The van der Waals surface area contributed by atoms with Crippen molar-refractivity contribution in [3.63, 3.8) is 0 Å². The number of hydrogen-bond donors (Lipinski definition) is 2. The van der Waals surface area contributed by atoms with E-state index in [-0.39, 0.29) is 18.3 Å². The van der Waals surface area contributed by atoms with Crippen LogP contribution in [0.15, 0.2) is 18.2 Å². The van der Waals surface area contributed by atoms with Gasteiger partial charge >= 0.3 is 0 Å². The second-order valence-electron chi connectivity index (χ2n) is 3.00. The molecule has 1 aromatic carbocycles. The Kier molecular flexibility index (Phi) is 3.24.